The van der Waals surface area contributed by atoms with Gasteiger partial charge in [-0.1, -0.05) is 18.6 Å². The molecule has 0 aromatic rings. The molecule has 4 atom stereocenters. The van der Waals surface area contributed by atoms with Gasteiger partial charge in [0.25, 0.3) is 0 Å². The minimum absolute atomic E-state index is 0.204. The number of hydrogen-bond acceptors (Lipinski definition) is 1. The molecule has 0 N–H and O–H groups in total. The fraction of sp³-hybridized carbons (Fsp3) is 0.867. The normalized spacial score (nSPS) is 46.1. The van der Waals surface area contributed by atoms with E-state index in [2.05, 4.69) is 40.7 Å². The lowest BCUT2D eigenvalue weighted by molar-refractivity contribution is 0.209. The summed E-state index contributed by atoms with van der Waals surface area (Å²) in [5.41, 5.74) is 1.86. The number of rotatable bonds is 3. The van der Waals surface area contributed by atoms with Crippen LogP contribution < -0.4 is 0 Å². The van der Waals surface area contributed by atoms with Crippen LogP contribution in [0.15, 0.2) is 11.6 Å². The largest absolute Gasteiger partial charge is 0.363 e. The van der Waals surface area contributed by atoms with Gasteiger partial charge in [0.2, 0.25) is 0 Å². The van der Waals surface area contributed by atoms with Gasteiger partial charge in [0, 0.05) is 0 Å². The van der Waals surface area contributed by atoms with Crippen LogP contribution in [-0.4, -0.2) is 11.2 Å². The summed E-state index contributed by atoms with van der Waals surface area (Å²) in [4.78, 5) is 0. The fourth-order valence-electron chi connectivity index (χ4n) is 3.44. The third kappa shape index (κ3) is 2.07. The Bertz CT molecular complexity index is 303. The Hall–Kier alpha value is -0.300. The van der Waals surface area contributed by atoms with Crippen molar-refractivity contribution in [1.82, 2.24) is 0 Å². The van der Waals surface area contributed by atoms with E-state index in [1.54, 1.807) is 0 Å². The highest BCUT2D eigenvalue weighted by atomic mass is 16.6. The van der Waals surface area contributed by atoms with Gasteiger partial charge in [0.05, 0.1) is 11.2 Å². The summed E-state index contributed by atoms with van der Waals surface area (Å²) >= 11 is 0. The minimum Gasteiger partial charge on any atom is -0.363 e. The van der Waals surface area contributed by atoms with Crippen LogP contribution in [-0.2, 0) is 4.74 Å². The Morgan fingerprint density at radius 3 is 2.50 bits per heavy atom. The van der Waals surface area contributed by atoms with Crippen LogP contribution in [0.1, 0.15) is 60.3 Å². The van der Waals surface area contributed by atoms with Crippen molar-refractivity contribution in [1.29, 1.82) is 0 Å². The molecular weight excluding hydrogens is 196 g/mol. The molecule has 2 fully saturated rings. The first-order valence-corrected chi connectivity index (χ1v) is 6.70. The highest BCUT2D eigenvalue weighted by molar-refractivity contribution is 5.15. The topological polar surface area (TPSA) is 12.5 Å². The third-order valence-corrected chi connectivity index (χ3v) is 4.79. The number of epoxide rings is 1. The van der Waals surface area contributed by atoms with Crippen molar-refractivity contribution in [3.8, 4) is 0 Å². The first-order valence-electron chi connectivity index (χ1n) is 6.70. The average molecular weight is 222 g/mol. The Morgan fingerprint density at radius 1 is 1.25 bits per heavy atom. The second kappa shape index (κ2) is 3.87. The third-order valence-electron chi connectivity index (χ3n) is 4.79. The van der Waals surface area contributed by atoms with E-state index in [1.165, 1.54) is 31.3 Å². The van der Waals surface area contributed by atoms with Crippen LogP contribution in [0.3, 0.4) is 0 Å². The van der Waals surface area contributed by atoms with Gasteiger partial charge >= 0.3 is 0 Å². The molecule has 0 unspecified atom stereocenters. The molecule has 1 saturated heterocycles. The average Bonchev–Trinajstić information content (AvgIpc) is 2.66. The predicted molar refractivity (Wildman–Crippen MR) is 68.4 cm³/mol. The number of ether oxygens (including phenoxy) is 1. The Labute approximate surface area is 100 Å². The molecule has 1 aliphatic carbocycles. The molecule has 92 valence electrons. The standard InChI is InChI=1S/C15H26O/c1-11(2)7-6-8-13-10-15(5)14(4,16-15)9-12(13)3/h7,12-13H,6,8-10H2,1-5H3/t12-,13-,14-,15+/m0/s1. The maximum atomic E-state index is 5.97. The van der Waals surface area contributed by atoms with E-state index in [0.29, 0.717) is 0 Å². The van der Waals surface area contributed by atoms with E-state index >= 15 is 0 Å². The molecule has 2 rings (SSSR count). The SMILES string of the molecule is CC(C)=CCC[C@H]1C[C@@]2(C)O[C@@]2(C)C[C@@H]1C. The first kappa shape index (κ1) is 12.2. The Kier molecular flexibility index (Phi) is 2.94. The zero-order chi connectivity index (χ0) is 12.0. The summed E-state index contributed by atoms with van der Waals surface area (Å²) in [6, 6.07) is 0. The summed E-state index contributed by atoms with van der Waals surface area (Å²) in [5.74, 6) is 1.68. The van der Waals surface area contributed by atoms with Gasteiger partial charge in [-0.3, -0.25) is 0 Å². The van der Waals surface area contributed by atoms with Crippen molar-refractivity contribution < 1.29 is 4.74 Å². The van der Waals surface area contributed by atoms with E-state index < -0.39 is 0 Å². The maximum Gasteiger partial charge on any atom is 0.0952 e. The molecule has 1 saturated carbocycles. The Morgan fingerprint density at radius 2 is 1.88 bits per heavy atom. The van der Waals surface area contributed by atoms with Crippen LogP contribution >= 0.6 is 0 Å². The molecule has 0 spiro atoms. The molecule has 1 aliphatic heterocycles. The molecule has 0 amide bonds. The van der Waals surface area contributed by atoms with Gasteiger partial charge in [-0.25, -0.2) is 0 Å². The second-order valence-electron chi connectivity index (χ2n) is 6.57. The molecule has 1 heterocycles. The van der Waals surface area contributed by atoms with Crippen LogP contribution in [0.25, 0.3) is 0 Å². The van der Waals surface area contributed by atoms with E-state index in [0.717, 1.165) is 11.8 Å². The van der Waals surface area contributed by atoms with Crippen LogP contribution in [0.2, 0.25) is 0 Å². The molecule has 1 heteroatoms. The molecule has 16 heavy (non-hydrogen) atoms. The molecular formula is C15H26O. The quantitative estimate of drug-likeness (QED) is 0.511. The first-order chi connectivity index (χ1) is 7.36. The van der Waals surface area contributed by atoms with Crippen molar-refractivity contribution in [2.75, 3.05) is 0 Å². The van der Waals surface area contributed by atoms with E-state index in [4.69, 9.17) is 4.74 Å². The van der Waals surface area contributed by atoms with Crippen molar-refractivity contribution >= 4 is 0 Å². The highest BCUT2D eigenvalue weighted by Gasteiger charge is 2.66. The van der Waals surface area contributed by atoms with Gasteiger partial charge in [0.15, 0.2) is 0 Å². The predicted octanol–water partition coefficient (Wildman–Crippen LogP) is 4.33. The zero-order valence-electron chi connectivity index (χ0n) is 11.5. The lowest BCUT2D eigenvalue weighted by atomic mass is 9.69. The molecule has 0 aromatic heterocycles. The van der Waals surface area contributed by atoms with Crippen molar-refractivity contribution in [2.24, 2.45) is 11.8 Å². The summed E-state index contributed by atoms with van der Waals surface area (Å²) in [7, 11) is 0. The monoisotopic (exact) mass is 222 g/mol. The minimum atomic E-state index is 0.204. The van der Waals surface area contributed by atoms with E-state index in [-0.39, 0.29) is 11.2 Å². The van der Waals surface area contributed by atoms with E-state index in [1.807, 2.05) is 0 Å². The molecule has 2 aliphatic rings. The van der Waals surface area contributed by atoms with E-state index in [9.17, 15) is 0 Å². The molecule has 1 nitrogen and oxygen atoms in total. The van der Waals surface area contributed by atoms with Crippen LogP contribution in [0.4, 0.5) is 0 Å². The summed E-state index contributed by atoms with van der Waals surface area (Å²) in [6.45, 7) is 11.4. The number of hydrogen-bond donors (Lipinski definition) is 0. The molecule has 0 radical (unpaired) electrons. The van der Waals surface area contributed by atoms with Crippen LogP contribution in [0.5, 0.6) is 0 Å². The van der Waals surface area contributed by atoms with Gasteiger partial charge in [-0.15, -0.1) is 0 Å². The van der Waals surface area contributed by atoms with Gasteiger partial charge in [0.1, 0.15) is 0 Å². The van der Waals surface area contributed by atoms with Crippen LogP contribution in [0, 0.1) is 11.8 Å². The van der Waals surface area contributed by atoms with Crippen molar-refractivity contribution in [2.45, 2.75) is 71.5 Å². The summed E-state index contributed by atoms with van der Waals surface area (Å²) in [5, 5.41) is 0. The number of fused-ring (bicyclic) bond motifs is 1. The van der Waals surface area contributed by atoms with Gasteiger partial charge < -0.3 is 4.74 Å². The smallest absolute Gasteiger partial charge is 0.0952 e. The van der Waals surface area contributed by atoms with Crippen molar-refractivity contribution in [3.05, 3.63) is 11.6 Å². The zero-order valence-corrected chi connectivity index (χ0v) is 11.5. The summed E-state index contributed by atoms with van der Waals surface area (Å²) < 4.78 is 5.97. The molecule has 0 aromatic carbocycles. The number of allylic oxidation sites excluding steroid dienone is 2. The lowest BCUT2D eigenvalue weighted by Gasteiger charge is -2.32. The molecule has 0 bridgehead atoms. The van der Waals surface area contributed by atoms with Crippen molar-refractivity contribution in [3.63, 3.8) is 0 Å². The Balaban J connectivity index is 1.89. The fourth-order valence-corrected chi connectivity index (χ4v) is 3.44. The van der Waals surface area contributed by atoms with Gasteiger partial charge in [-0.05, 0) is 65.2 Å². The highest BCUT2D eigenvalue weighted by Crippen LogP contribution is 2.60. The van der Waals surface area contributed by atoms with Gasteiger partial charge in [-0.2, -0.15) is 0 Å². The second-order valence-corrected chi connectivity index (χ2v) is 6.57. The summed E-state index contributed by atoms with van der Waals surface area (Å²) in [6.07, 6.45) is 7.46. The maximum absolute atomic E-state index is 5.97. The lowest BCUT2D eigenvalue weighted by Crippen LogP contribution is -2.34.